The molecule has 1 aliphatic carbocycles. The number of benzene rings is 1. The van der Waals surface area contributed by atoms with Crippen LogP contribution in [0, 0.1) is 0 Å². The molecule has 7 heteroatoms. The van der Waals surface area contributed by atoms with Crippen molar-refractivity contribution in [3.63, 3.8) is 0 Å². The SMILES string of the molecule is COc1cc(S(=O)(=O)NC2CCC(SC)C2)ccc1N. The second-order valence-corrected chi connectivity index (χ2v) is 7.74. The van der Waals surface area contributed by atoms with E-state index >= 15 is 0 Å². The maximum atomic E-state index is 12.3. The van der Waals surface area contributed by atoms with E-state index in [2.05, 4.69) is 11.0 Å². The number of ether oxygens (including phenoxy) is 1. The van der Waals surface area contributed by atoms with E-state index in [1.807, 2.05) is 0 Å². The van der Waals surface area contributed by atoms with Crippen molar-refractivity contribution in [3.8, 4) is 5.75 Å². The summed E-state index contributed by atoms with van der Waals surface area (Å²) in [4.78, 5) is 0.191. The molecule has 2 rings (SSSR count). The van der Waals surface area contributed by atoms with Crippen molar-refractivity contribution in [1.82, 2.24) is 4.72 Å². The first-order valence-electron chi connectivity index (χ1n) is 6.45. The van der Waals surface area contributed by atoms with Crippen molar-refractivity contribution >= 4 is 27.5 Å². The minimum atomic E-state index is -3.52. The van der Waals surface area contributed by atoms with Gasteiger partial charge >= 0.3 is 0 Å². The minimum absolute atomic E-state index is 0.0148. The van der Waals surface area contributed by atoms with Crippen LogP contribution in [-0.4, -0.2) is 33.1 Å². The van der Waals surface area contributed by atoms with Gasteiger partial charge in [0.25, 0.3) is 0 Å². The second kappa shape index (κ2) is 6.24. The number of hydrogen-bond donors (Lipinski definition) is 2. The Bertz CT molecular complexity index is 575. The van der Waals surface area contributed by atoms with Crippen LogP contribution in [0.15, 0.2) is 23.1 Å². The summed E-state index contributed by atoms with van der Waals surface area (Å²) >= 11 is 1.79. The van der Waals surface area contributed by atoms with Gasteiger partial charge in [-0.05, 0) is 37.7 Å². The van der Waals surface area contributed by atoms with Gasteiger partial charge in [-0.1, -0.05) is 0 Å². The molecule has 0 amide bonds. The summed E-state index contributed by atoms with van der Waals surface area (Å²) in [5.74, 6) is 0.376. The van der Waals surface area contributed by atoms with Gasteiger partial charge in [0.05, 0.1) is 17.7 Å². The topological polar surface area (TPSA) is 81.4 Å². The number of nitrogen functional groups attached to an aromatic ring is 1. The molecule has 2 atom stereocenters. The molecule has 2 unspecified atom stereocenters. The monoisotopic (exact) mass is 316 g/mol. The molecule has 1 fully saturated rings. The molecule has 3 N–H and O–H groups in total. The molecular formula is C13H20N2O3S2. The Morgan fingerprint density at radius 1 is 1.40 bits per heavy atom. The first kappa shape index (κ1) is 15.5. The molecule has 0 saturated heterocycles. The van der Waals surface area contributed by atoms with Crippen molar-refractivity contribution in [3.05, 3.63) is 18.2 Å². The van der Waals surface area contributed by atoms with E-state index in [0.717, 1.165) is 19.3 Å². The number of sulfonamides is 1. The van der Waals surface area contributed by atoms with E-state index in [9.17, 15) is 8.42 Å². The van der Waals surface area contributed by atoms with Crippen molar-refractivity contribution in [2.75, 3.05) is 19.1 Å². The van der Waals surface area contributed by atoms with Gasteiger partial charge in [-0.25, -0.2) is 13.1 Å². The maximum absolute atomic E-state index is 12.3. The summed E-state index contributed by atoms with van der Waals surface area (Å²) in [5.41, 5.74) is 6.13. The van der Waals surface area contributed by atoms with E-state index in [1.54, 1.807) is 17.8 Å². The highest BCUT2D eigenvalue weighted by Crippen LogP contribution is 2.30. The zero-order valence-corrected chi connectivity index (χ0v) is 13.3. The van der Waals surface area contributed by atoms with Crippen molar-refractivity contribution in [1.29, 1.82) is 0 Å². The summed E-state index contributed by atoms with van der Waals surface area (Å²) in [5, 5.41) is 0.545. The number of nitrogens with one attached hydrogen (secondary N) is 1. The van der Waals surface area contributed by atoms with E-state index < -0.39 is 10.0 Å². The lowest BCUT2D eigenvalue weighted by atomic mass is 10.3. The molecular weight excluding hydrogens is 296 g/mol. The third-order valence-electron chi connectivity index (χ3n) is 3.55. The van der Waals surface area contributed by atoms with Gasteiger partial charge in [-0.2, -0.15) is 11.8 Å². The molecule has 1 saturated carbocycles. The Kier molecular flexibility index (Phi) is 4.82. The van der Waals surface area contributed by atoms with E-state index in [0.29, 0.717) is 16.7 Å². The van der Waals surface area contributed by atoms with Crippen LogP contribution in [0.3, 0.4) is 0 Å². The molecule has 0 bridgehead atoms. The van der Waals surface area contributed by atoms with Gasteiger partial charge in [-0.15, -0.1) is 0 Å². The van der Waals surface area contributed by atoms with Gasteiger partial charge in [0.2, 0.25) is 10.0 Å². The summed E-state index contributed by atoms with van der Waals surface area (Å²) in [6.07, 6.45) is 4.88. The first-order valence-corrected chi connectivity index (χ1v) is 9.22. The molecule has 1 aliphatic rings. The number of thioether (sulfide) groups is 1. The van der Waals surface area contributed by atoms with E-state index in [4.69, 9.17) is 10.5 Å². The number of rotatable bonds is 5. The normalized spacial score (nSPS) is 22.9. The van der Waals surface area contributed by atoms with Crippen molar-refractivity contribution in [2.24, 2.45) is 0 Å². The van der Waals surface area contributed by atoms with Crippen molar-refractivity contribution < 1.29 is 13.2 Å². The highest BCUT2D eigenvalue weighted by Gasteiger charge is 2.28. The second-order valence-electron chi connectivity index (χ2n) is 4.89. The molecule has 1 aromatic carbocycles. The van der Waals surface area contributed by atoms with Crippen LogP contribution in [0.2, 0.25) is 0 Å². The highest BCUT2D eigenvalue weighted by molar-refractivity contribution is 7.99. The van der Waals surface area contributed by atoms with Crippen LogP contribution in [0.4, 0.5) is 5.69 Å². The van der Waals surface area contributed by atoms with Crippen LogP contribution in [-0.2, 0) is 10.0 Å². The fourth-order valence-electron chi connectivity index (χ4n) is 2.41. The summed E-state index contributed by atoms with van der Waals surface area (Å²) in [6, 6.07) is 4.52. The Morgan fingerprint density at radius 3 is 2.75 bits per heavy atom. The largest absolute Gasteiger partial charge is 0.495 e. The molecule has 0 spiro atoms. The molecule has 0 aromatic heterocycles. The standard InChI is InChI=1S/C13H20N2O3S2/c1-18-13-8-11(5-6-12(13)14)20(16,17)15-9-3-4-10(7-9)19-2/h5-6,8-10,15H,3-4,7,14H2,1-2H3. The van der Waals surface area contributed by atoms with Crippen LogP contribution >= 0.6 is 11.8 Å². The minimum Gasteiger partial charge on any atom is -0.495 e. The van der Waals surface area contributed by atoms with Gasteiger partial charge in [0.15, 0.2) is 0 Å². The summed E-state index contributed by atoms with van der Waals surface area (Å²) in [7, 11) is -2.05. The van der Waals surface area contributed by atoms with Crippen LogP contribution < -0.4 is 15.2 Å². The number of anilines is 1. The van der Waals surface area contributed by atoms with Gasteiger partial charge < -0.3 is 10.5 Å². The fraction of sp³-hybridized carbons (Fsp3) is 0.538. The Hall–Kier alpha value is -0.920. The molecule has 0 aliphatic heterocycles. The number of nitrogens with two attached hydrogens (primary N) is 1. The Labute approximate surface area is 124 Å². The summed E-state index contributed by atoms with van der Waals surface area (Å²) in [6.45, 7) is 0. The maximum Gasteiger partial charge on any atom is 0.240 e. The molecule has 5 nitrogen and oxygen atoms in total. The first-order chi connectivity index (χ1) is 9.46. The Morgan fingerprint density at radius 2 is 2.15 bits per heavy atom. The zero-order chi connectivity index (χ0) is 14.8. The molecule has 0 heterocycles. The summed E-state index contributed by atoms with van der Waals surface area (Å²) < 4.78 is 32.5. The number of methoxy groups -OCH3 is 1. The zero-order valence-electron chi connectivity index (χ0n) is 11.6. The van der Waals surface area contributed by atoms with Gasteiger partial charge in [0.1, 0.15) is 5.75 Å². The van der Waals surface area contributed by atoms with Gasteiger partial charge in [0, 0.05) is 17.4 Å². The average molecular weight is 316 g/mol. The molecule has 112 valence electrons. The third-order valence-corrected chi connectivity index (χ3v) is 6.17. The van der Waals surface area contributed by atoms with E-state index in [1.165, 1.54) is 19.2 Å². The quantitative estimate of drug-likeness (QED) is 0.810. The van der Waals surface area contributed by atoms with Gasteiger partial charge in [-0.3, -0.25) is 0 Å². The van der Waals surface area contributed by atoms with Crippen LogP contribution in [0.5, 0.6) is 5.75 Å². The lowest BCUT2D eigenvalue weighted by Gasteiger charge is -2.14. The predicted octanol–water partition coefficient (Wildman–Crippen LogP) is 1.84. The molecule has 1 aromatic rings. The molecule has 0 radical (unpaired) electrons. The predicted molar refractivity (Wildman–Crippen MR) is 82.7 cm³/mol. The highest BCUT2D eigenvalue weighted by atomic mass is 32.2. The van der Waals surface area contributed by atoms with Crippen molar-refractivity contribution in [2.45, 2.75) is 35.4 Å². The molecule has 20 heavy (non-hydrogen) atoms. The number of hydrogen-bond acceptors (Lipinski definition) is 5. The van der Waals surface area contributed by atoms with Crippen LogP contribution in [0.25, 0.3) is 0 Å². The van der Waals surface area contributed by atoms with E-state index in [-0.39, 0.29) is 10.9 Å². The smallest absolute Gasteiger partial charge is 0.240 e. The Balaban J connectivity index is 2.14. The lowest BCUT2D eigenvalue weighted by molar-refractivity contribution is 0.415. The third kappa shape index (κ3) is 3.39. The lowest BCUT2D eigenvalue weighted by Crippen LogP contribution is -2.33. The van der Waals surface area contributed by atoms with Crippen LogP contribution in [0.1, 0.15) is 19.3 Å². The average Bonchev–Trinajstić information content (AvgIpc) is 2.86. The fourth-order valence-corrected chi connectivity index (χ4v) is 4.50.